The van der Waals surface area contributed by atoms with Crippen LogP contribution < -0.4 is 20.7 Å². The van der Waals surface area contributed by atoms with Crippen molar-refractivity contribution in [2.75, 3.05) is 43.9 Å². The Kier molecular flexibility index (Phi) is 6.40. The van der Waals surface area contributed by atoms with Gasteiger partial charge < -0.3 is 20.7 Å². The third-order valence-electron chi connectivity index (χ3n) is 8.40. The Balaban J connectivity index is 1.43. The number of hydrogen-bond donors (Lipinski definition) is 2. The number of hydrogen-bond acceptors (Lipinski definition) is 9. The molecule has 15 heteroatoms. The Morgan fingerprint density at radius 1 is 1.14 bits per heavy atom. The van der Waals surface area contributed by atoms with Gasteiger partial charge in [-0.1, -0.05) is 11.3 Å². The van der Waals surface area contributed by atoms with Gasteiger partial charge in [-0.05, 0) is 44.6 Å². The lowest BCUT2D eigenvalue weighted by atomic mass is 9.93. The van der Waals surface area contributed by atoms with Gasteiger partial charge in [0.1, 0.15) is 29.9 Å². The van der Waals surface area contributed by atoms with E-state index in [1.54, 1.807) is 11.9 Å². The van der Waals surface area contributed by atoms with Gasteiger partial charge in [-0.3, -0.25) is 4.90 Å². The normalized spacial score (nSPS) is 24.5. The van der Waals surface area contributed by atoms with Crippen LogP contribution in [0.3, 0.4) is 0 Å². The van der Waals surface area contributed by atoms with Crippen molar-refractivity contribution in [1.29, 1.82) is 0 Å². The second-order valence-electron chi connectivity index (χ2n) is 11.0. The summed E-state index contributed by atoms with van der Waals surface area (Å²) in [6.07, 6.45) is -5.02. The van der Waals surface area contributed by atoms with E-state index in [9.17, 15) is 22.0 Å². The maximum absolute atomic E-state index is 16.6. The lowest BCUT2D eigenvalue weighted by molar-refractivity contribution is -0.137. The second-order valence-corrected chi connectivity index (χ2v) is 12.0. The highest BCUT2D eigenvalue weighted by Gasteiger charge is 2.45. The van der Waals surface area contributed by atoms with Crippen LogP contribution in [0.5, 0.6) is 6.01 Å². The lowest BCUT2D eigenvalue weighted by Crippen LogP contribution is -2.61. The average molecular weight is 610 g/mol. The Hall–Kier alpha value is -3.43. The summed E-state index contributed by atoms with van der Waals surface area (Å²) in [7, 11) is 1.76. The molecule has 222 valence electrons. The van der Waals surface area contributed by atoms with Crippen molar-refractivity contribution in [3.63, 3.8) is 0 Å². The third-order valence-corrected chi connectivity index (χ3v) is 9.29. The number of alkyl halides is 4. The number of likely N-dealkylation sites (N-methyl/N-ethyl adjacent to an activating group) is 1. The average Bonchev–Trinajstić information content (AvgIpc) is 3.59. The molecule has 0 aliphatic carbocycles. The second kappa shape index (κ2) is 9.81. The minimum atomic E-state index is -4.98. The summed E-state index contributed by atoms with van der Waals surface area (Å²) in [5.74, 6) is -1.87. The number of nitrogens with one attached hydrogen (secondary N) is 1. The number of nitrogens with two attached hydrogens (primary N) is 1. The molecule has 42 heavy (non-hydrogen) atoms. The molecule has 0 saturated carbocycles. The molecule has 4 atom stereocenters. The summed E-state index contributed by atoms with van der Waals surface area (Å²) in [4.78, 5) is 16.3. The fourth-order valence-electron chi connectivity index (χ4n) is 6.30. The van der Waals surface area contributed by atoms with E-state index in [0.29, 0.717) is 6.54 Å². The van der Waals surface area contributed by atoms with E-state index in [-0.39, 0.29) is 81.3 Å². The molecule has 0 amide bonds. The Labute approximate surface area is 239 Å². The van der Waals surface area contributed by atoms with Crippen molar-refractivity contribution in [1.82, 2.24) is 25.2 Å². The van der Waals surface area contributed by atoms with Gasteiger partial charge >= 0.3 is 12.2 Å². The van der Waals surface area contributed by atoms with Gasteiger partial charge in [0.25, 0.3) is 0 Å². The fourth-order valence-corrected chi connectivity index (χ4v) is 7.06. The topological polar surface area (TPSA) is 92.4 Å². The number of nitrogen functional groups attached to an aromatic ring is 1. The zero-order valence-corrected chi connectivity index (χ0v) is 23.0. The van der Waals surface area contributed by atoms with E-state index in [2.05, 4.69) is 20.3 Å². The van der Waals surface area contributed by atoms with Crippen molar-refractivity contribution in [2.24, 2.45) is 0 Å². The molecule has 3 fully saturated rings. The molecule has 0 radical (unpaired) electrons. The maximum Gasteiger partial charge on any atom is 0.417 e. The first-order valence-corrected chi connectivity index (χ1v) is 14.2. The predicted octanol–water partition coefficient (Wildman–Crippen LogP) is 4.76. The van der Waals surface area contributed by atoms with Gasteiger partial charge in [0.2, 0.25) is 0 Å². The molecule has 0 bridgehead atoms. The Bertz CT molecular complexity index is 1710. The summed E-state index contributed by atoms with van der Waals surface area (Å²) in [5, 5.41) is 3.13. The van der Waals surface area contributed by atoms with E-state index in [1.165, 1.54) is 0 Å². The summed E-state index contributed by atoms with van der Waals surface area (Å²) in [6, 6.07) is 2.47. The first kappa shape index (κ1) is 27.4. The highest BCUT2D eigenvalue weighted by Crippen LogP contribution is 2.47. The van der Waals surface area contributed by atoms with Gasteiger partial charge in [-0.15, -0.1) is 0 Å². The minimum absolute atomic E-state index is 0.0152. The largest absolute Gasteiger partial charge is 0.462 e. The van der Waals surface area contributed by atoms with Gasteiger partial charge in [-0.25, -0.2) is 18.2 Å². The maximum atomic E-state index is 16.6. The van der Waals surface area contributed by atoms with E-state index < -0.39 is 35.1 Å². The van der Waals surface area contributed by atoms with Gasteiger partial charge in [0.15, 0.2) is 10.9 Å². The third kappa shape index (κ3) is 4.40. The summed E-state index contributed by atoms with van der Waals surface area (Å²) >= 11 is 0.757. The van der Waals surface area contributed by atoms with Crippen LogP contribution in [0.4, 0.5) is 37.3 Å². The van der Waals surface area contributed by atoms with Gasteiger partial charge in [0.05, 0.1) is 15.8 Å². The molecule has 0 unspecified atom stereocenters. The van der Waals surface area contributed by atoms with Crippen molar-refractivity contribution in [3.8, 4) is 17.1 Å². The van der Waals surface area contributed by atoms with E-state index in [0.717, 1.165) is 42.5 Å². The van der Waals surface area contributed by atoms with Crippen LogP contribution in [0.15, 0.2) is 18.2 Å². The molecule has 8 nitrogen and oxygen atoms in total. The monoisotopic (exact) mass is 609 g/mol. The standard InChI is InChI=1S/C27H25F6N7OS/c1-39-8-11(28)6-12(39)10-41-26-37-21-14(24(38-26)40-9-17-18(40)4-5-35-17)7-15(27(31,32)33)19(20(21)30)13-2-3-16(29)23-22(13)36-25(34)42-23/h2-3,7,11-12,17-18,35H,4-6,8-10H2,1H3,(H2,34,36)/t11-,12+,17-,18-/m1/s1. The molecule has 4 aromatic rings. The quantitative estimate of drug-likeness (QED) is 0.313. The molecule has 3 saturated heterocycles. The predicted molar refractivity (Wildman–Crippen MR) is 146 cm³/mol. The van der Waals surface area contributed by atoms with E-state index >= 15 is 4.39 Å². The number of aromatic nitrogens is 3. The minimum Gasteiger partial charge on any atom is -0.462 e. The highest BCUT2D eigenvalue weighted by molar-refractivity contribution is 7.22. The fraction of sp³-hybridized carbons (Fsp3) is 0.444. The van der Waals surface area contributed by atoms with Crippen molar-refractivity contribution in [3.05, 3.63) is 35.4 Å². The van der Waals surface area contributed by atoms with Crippen molar-refractivity contribution >= 4 is 43.4 Å². The number of nitrogens with zero attached hydrogens (tertiary/aromatic N) is 5. The number of fused-ring (bicyclic) bond motifs is 3. The van der Waals surface area contributed by atoms with Crippen LogP contribution in [0.2, 0.25) is 0 Å². The zero-order chi connectivity index (χ0) is 29.5. The Morgan fingerprint density at radius 3 is 2.67 bits per heavy atom. The smallest absolute Gasteiger partial charge is 0.417 e. The van der Waals surface area contributed by atoms with Crippen molar-refractivity contribution < 1.29 is 31.1 Å². The van der Waals surface area contributed by atoms with Crippen molar-refractivity contribution in [2.45, 2.75) is 43.3 Å². The number of anilines is 2. The van der Waals surface area contributed by atoms with Crippen LogP contribution >= 0.6 is 11.3 Å². The lowest BCUT2D eigenvalue weighted by Gasteiger charge is -2.45. The number of benzene rings is 2. The van der Waals surface area contributed by atoms with Crippen LogP contribution in [-0.2, 0) is 6.18 Å². The van der Waals surface area contributed by atoms with Crippen LogP contribution in [-0.4, -0.2) is 77.4 Å². The first-order chi connectivity index (χ1) is 20.0. The number of halogens is 6. The van der Waals surface area contributed by atoms with E-state index in [4.69, 9.17) is 10.5 Å². The number of rotatable bonds is 5. The van der Waals surface area contributed by atoms with Crippen LogP contribution in [0.25, 0.3) is 32.2 Å². The molecule has 3 N–H and O–H groups in total. The molecule has 3 aliphatic rings. The van der Waals surface area contributed by atoms with Gasteiger partial charge in [-0.2, -0.15) is 23.1 Å². The molecule has 7 rings (SSSR count). The molecule has 2 aromatic heterocycles. The number of thiazole rings is 1. The molecular weight excluding hydrogens is 584 g/mol. The highest BCUT2D eigenvalue weighted by atomic mass is 32.1. The summed E-state index contributed by atoms with van der Waals surface area (Å²) in [6.45, 7) is 1.46. The van der Waals surface area contributed by atoms with E-state index in [1.807, 2.05) is 4.90 Å². The first-order valence-electron chi connectivity index (χ1n) is 13.4. The number of ether oxygens (including phenoxy) is 1. The van der Waals surface area contributed by atoms with Crippen LogP contribution in [0, 0.1) is 11.6 Å². The molecule has 5 heterocycles. The van der Waals surface area contributed by atoms with Crippen LogP contribution in [0.1, 0.15) is 18.4 Å². The molecule has 2 aromatic carbocycles. The molecular formula is C27H25F6N7OS. The molecule has 0 spiro atoms. The zero-order valence-electron chi connectivity index (χ0n) is 22.2. The SMILES string of the molecule is CN1C[C@H](F)C[C@H]1COc1nc(N2C[C@H]3NCC[C@H]32)c2cc(C(F)(F)F)c(-c3ccc(F)c4sc(N)nc34)c(F)c2n1. The number of likely N-dealkylation sites (tertiary alicyclic amines) is 1. The molecule has 3 aliphatic heterocycles. The summed E-state index contributed by atoms with van der Waals surface area (Å²) in [5.41, 5.74) is 2.84. The Morgan fingerprint density at radius 2 is 1.95 bits per heavy atom. The van der Waals surface area contributed by atoms with Gasteiger partial charge in [0, 0.05) is 47.7 Å². The summed E-state index contributed by atoms with van der Waals surface area (Å²) < 4.78 is 94.6.